The predicted octanol–water partition coefficient (Wildman–Crippen LogP) is 4.06. The molecule has 0 aliphatic rings. The van der Waals surface area contributed by atoms with Gasteiger partial charge in [-0.1, -0.05) is 29.0 Å². The van der Waals surface area contributed by atoms with Crippen LogP contribution in [0, 0.1) is 13.8 Å². The molecule has 0 spiro atoms. The van der Waals surface area contributed by atoms with Gasteiger partial charge in [-0.3, -0.25) is 14.1 Å². The molecule has 2 aromatic carbocycles. The van der Waals surface area contributed by atoms with E-state index in [0.29, 0.717) is 10.4 Å². The summed E-state index contributed by atoms with van der Waals surface area (Å²) in [6, 6.07) is 10.4. The highest BCUT2D eigenvalue weighted by Gasteiger charge is 2.18. The molecule has 25 heavy (non-hydrogen) atoms. The zero-order valence-corrected chi connectivity index (χ0v) is 16.2. The van der Waals surface area contributed by atoms with E-state index in [1.165, 1.54) is 0 Å². The van der Waals surface area contributed by atoms with Crippen molar-refractivity contribution in [3.63, 3.8) is 0 Å². The van der Waals surface area contributed by atoms with Gasteiger partial charge < -0.3 is 0 Å². The van der Waals surface area contributed by atoms with Crippen LogP contribution < -0.4 is 9.60 Å². The molecular formula is C18H20N2O3S2. The summed E-state index contributed by atoms with van der Waals surface area (Å²) in [6.45, 7) is 7.68. The van der Waals surface area contributed by atoms with Crippen molar-refractivity contribution in [3.05, 3.63) is 57.2 Å². The molecule has 5 nitrogen and oxygen atoms in total. The first kappa shape index (κ1) is 17.7. The second-order valence-electron chi connectivity index (χ2n) is 6.39. The number of nitrogens with one attached hydrogen (secondary N) is 1. The minimum Gasteiger partial charge on any atom is -0.296 e. The van der Waals surface area contributed by atoms with Gasteiger partial charge in [0, 0.05) is 6.04 Å². The standard InChI is InChI=1S/C18H20N2O3S2/c1-11(2)20-16-8-6-14(10-17(16)24-18(20)21)25(22,23)19-15-7-5-12(3)9-13(15)4/h5-11,19H,1-4H3. The van der Waals surface area contributed by atoms with Crippen molar-refractivity contribution in [2.24, 2.45) is 0 Å². The topological polar surface area (TPSA) is 68.2 Å². The van der Waals surface area contributed by atoms with Gasteiger partial charge in [-0.2, -0.15) is 0 Å². The van der Waals surface area contributed by atoms with Crippen LogP contribution in [0.15, 0.2) is 46.1 Å². The average Bonchev–Trinajstić information content (AvgIpc) is 2.85. The molecule has 0 fully saturated rings. The molecule has 3 aromatic rings. The lowest BCUT2D eigenvalue weighted by Gasteiger charge is -2.12. The molecule has 0 saturated carbocycles. The second-order valence-corrected chi connectivity index (χ2v) is 9.06. The van der Waals surface area contributed by atoms with Gasteiger partial charge in [0.1, 0.15) is 0 Å². The number of hydrogen-bond donors (Lipinski definition) is 1. The summed E-state index contributed by atoms with van der Waals surface area (Å²) in [5.41, 5.74) is 3.25. The summed E-state index contributed by atoms with van der Waals surface area (Å²) in [7, 11) is -3.72. The molecule has 0 unspecified atom stereocenters. The highest BCUT2D eigenvalue weighted by molar-refractivity contribution is 7.92. The molecule has 0 aliphatic carbocycles. The third-order valence-electron chi connectivity index (χ3n) is 4.04. The number of benzene rings is 2. The Morgan fingerprint density at radius 3 is 2.44 bits per heavy atom. The number of thiazole rings is 1. The maximum absolute atomic E-state index is 12.7. The van der Waals surface area contributed by atoms with Crippen LogP contribution in [0.3, 0.4) is 0 Å². The van der Waals surface area contributed by atoms with E-state index in [1.807, 2.05) is 39.8 Å². The lowest BCUT2D eigenvalue weighted by Crippen LogP contribution is -2.15. The molecule has 1 N–H and O–H groups in total. The lowest BCUT2D eigenvalue weighted by molar-refractivity contribution is 0.601. The molecule has 3 rings (SSSR count). The SMILES string of the molecule is Cc1ccc(NS(=O)(=O)c2ccc3c(c2)sc(=O)n3C(C)C)c(C)c1. The summed E-state index contributed by atoms with van der Waals surface area (Å²) in [5, 5.41) is 0. The fourth-order valence-corrected chi connectivity index (χ4v) is 5.09. The Labute approximate surface area is 151 Å². The van der Waals surface area contributed by atoms with Crippen LogP contribution in [0.4, 0.5) is 5.69 Å². The maximum Gasteiger partial charge on any atom is 0.308 e. The highest BCUT2D eigenvalue weighted by atomic mass is 32.2. The first-order valence-corrected chi connectivity index (χ1v) is 10.2. The van der Waals surface area contributed by atoms with Crippen molar-refractivity contribution in [2.45, 2.75) is 38.6 Å². The number of aromatic nitrogens is 1. The van der Waals surface area contributed by atoms with E-state index in [9.17, 15) is 13.2 Å². The van der Waals surface area contributed by atoms with Crippen LogP contribution in [0.25, 0.3) is 10.2 Å². The van der Waals surface area contributed by atoms with Gasteiger partial charge in [0.15, 0.2) is 0 Å². The molecule has 7 heteroatoms. The molecular weight excluding hydrogens is 356 g/mol. The molecule has 0 saturated heterocycles. The third kappa shape index (κ3) is 3.34. The van der Waals surface area contributed by atoms with Crippen LogP contribution in [-0.4, -0.2) is 13.0 Å². The van der Waals surface area contributed by atoms with E-state index in [2.05, 4.69) is 4.72 Å². The number of aryl methyl sites for hydroxylation is 2. The second kappa shape index (κ2) is 6.31. The van der Waals surface area contributed by atoms with Gasteiger partial charge in [0.05, 0.1) is 20.8 Å². The lowest BCUT2D eigenvalue weighted by atomic mass is 10.1. The van der Waals surface area contributed by atoms with Crippen LogP contribution in [0.5, 0.6) is 0 Å². The number of anilines is 1. The van der Waals surface area contributed by atoms with Crippen LogP contribution >= 0.6 is 11.3 Å². The first-order valence-electron chi connectivity index (χ1n) is 7.94. The molecule has 132 valence electrons. The number of sulfonamides is 1. The molecule has 0 amide bonds. The van der Waals surface area contributed by atoms with Crippen molar-refractivity contribution in [3.8, 4) is 0 Å². The molecule has 0 radical (unpaired) electrons. The van der Waals surface area contributed by atoms with Crippen molar-refractivity contribution >= 4 is 37.3 Å². The first-order chi connectivity index (χ1) is 11.7. The van der Waals surface area contributed by atoms with E-state index < -0.39 is 10.0 Å². The van der Waals surface area contributed by atoms with Gasteiger partial charge in [0.25, 0.3) is 10.0 Å². The van der Waals surface area contributed by atoms with Crippen molar-refractivity contribution in [1.29, 1.82) is 0 Å². The number of fused-ring (bicyclic) bond motifs is 1. The number of hydrogen-bond acceptors (Lipinski definition) is 4. The fourth-order valence-electron chi connectivity index (χ4n) is 2.80. The Morgan fingerprint density at radius 2 is 1.80 bits per heavy atom. The molecule has 0 atom stereocenters. The summed E-state index contributed by atoms with van der Waals surface area (Å²) in [4.78, 5) is 12.2. The summed E-state index contributed by atoms with van der Waals surface area (Å²) in [5.74, 6) is 0. The van der Waals surface area contributed by atoms with Crippen LogP contribution in [-0.2, 0) is 10.0 Å². The zero-order chi connectivity index (χ0) is 18.4. The van der Waals surface area contributed by atoms with E-state index >= 15 is 0 Å². The maximum atomic E-state index is 12.7. The van der Waals surface area contributed by atoms with Gasteiger partial charge in [-0.15, -0.1) is 0 Å². The van der Waals surface area contributed by atoms with E-state index in [4.69, 9.17) is 0 Å². The Morgan fingerprint density at radius 1 is 1.08 bits per heavy atom. The van der Waals surface area contributed by atoms with Crippen molar-refractivity contribution < 1.29 is 8.42 Å². The Hall–Kier alpha value is -2.12. The predicted molar refractivity (Wildman–Crippen MR) is 103 cm³/mol. The van der Waals surface area contributed by atoms with E-state index in [-0.39, 0.29) is 15.8 Å². The number of nitrogens with zero attached hydrogens (tertiary/aromatic N) is 1. The summed E-state index contributed by atoms with van der Waals surface area (Å²) >= 11 is 1.06. The van der Waals surface area contributed by atoms with Gasteiger partial charge in [0.2, 0.25) is 0 Å². The molecule has 1 aromatic heterocycles. The van der Waals surface area contributed by atoms with Crippen molar-refractivity contribution in [2.75, 3.05) is 4.72 Å². The van der Waals surface area contributed by atoms with Gasteiger partial charge >= 0.3 is 4.87 Å². The largest absolute Gasteiger partial charge is 0.308 e. The quantitative estimate of drug-likeness (QED) is 0.746. The molecule has 0 bridgehead atoms. The fraction of sp³-hybridized carbons (Fsp3) is 0.278. The summed E-state index contributed by atoms with van der Waals surface area (Å²) in [6.07, 6.45) is 0. The highest BCUT2D eigenvalue weighted by Crippen LogP contribution is 2.26. The van der Waals surface area contributed by atoms with E-state index in [1.54, 1.807) is 28.8 Å². The Bertz CT molecular complexity index is 1110. The average molecular weight is 377 g/mol. The number of rotatable bonds is 4. The minimum atomic E-state index is -3.72. The van der Waals surface area contributed by atoms with Crippen LogP contribution in [0.1, 0.15) is 31.0 Å². The zero-order valence-electron chi connectivity index (χ0n) is 14.5. The molecule has 0 aliphatic heterocycles. The summed E-state index contributed by atoms with van der Waals surface area (Å²) < 4.78 is 30.4. The van der Waals surface area contributed by atoms with E-state index in [0.717, 1.165) is 28.0 Å². The van der Waals surface area contributed by atoms with Crippen molar-refractivity contribution in [1.82, 2.24) is 4.57 Å². The third-order valence-corrected chi connectivity index (χ3v) is 6.32. The monoisotopic (exact) mass is 376 g/mol. The minimum absolute atomic E-state index is 0.0250. The normalized spacial score (nSPS) is 12.0. The smallest absolute Gasteiger partial charge is 0.296 e. The van der Waals surface area contributed by atoms with Crippen LogP contribution in [0.2, 0.25) is 0 Å². The molecule has 1 heterocycles. The van der Waals surface area contributed by atoms with Gasteiger partial charge in [-0.05, 0) is 57.5 Å². The Kier molecular flexibility index (Phi) is 4.47. The van der Waals surface area contributed by atoms with Gasteiger partial charge in [-0.25, -0.2) is 8.42 Å². The Balaban J connectivity index is 2.04.